The number of nitrogens with zero attached hydrogens (tertiary/aromatic N) is 2. The molecule has 144 valence electrons. The summed E-state index contributed by atoms with van der Waals surface area (Å²) in [4.78, 5) is 35.1. The van der Waals surface area contributed by atoms with Gasteiger partial charge in [-0.05, 0) is 44.1 Å². The third-order valence-corrected chi connectivity index (χ3v) is 7.13. The van der Waals surface area contributed by atoms with E-state index in [1.54, 1.807) is 11.3 Å². The Balaban J connectivity index is 1.37. The highest BCUT2D eigenvalue weighted by Crippen LogP contribution is 2.38. The molecule has 2 aliphatic rings. The van der Waals surface area contributed by atoms with Gasteiger partial charge in [0.1, 0.15) is 10.6 Å². The number of nitrogens with two attached hydrogens (primary N) is 1. The number of carbonyl (C=O) groups is 2. The summed E-state index contributed by atoms with van der Waals surface area (Å²) in [5, 5.41) is 6.68. The lowest BCUT2D eigenvalue weighted by Gasteiger charge is -2.12. The van der Waals surface area contributed by atoms with Crippen molar-refractivity contribution in [3.63, 3.8) is 0 Å². The molecule has 3 amide bonds. The molecule has 7 nitrogen and oxygen atoms in total. The highest BCUT2D eigenvalue weighted by molar-refractivity contribution is 7.99. The lowest BCUT2D eigenvalue weighted by Crippen LogP contribution is -2.44. The van der Waals surface area contributed by atoms with Crippen LogP contribution in [0.5, 0.6) is 0 Å². The summed E-state index contributed by atoms with van der Waals surface area (Å²) < 4.78 is 0. The van der Waals surface area contributed by atoms with E-state index < -0.39 is 6.03 Å². The number of thiophene rings is 1. The molecule has 0 radical (unpaired) electrons. The molecule has 0 aromatic carbocycles. The van der Waals surface area contributed by atoms with Crippen LogP contribution in [0, 0.1) is 0 Å². The number of rotatable bonds is 4. The van der Waals surface area contributed by atoms with Gasteiger partial charge in [-0.2, -0.15) is 0 Å². The number of hydrogen-bond donors (Lipinski definition) is 3. The summed E-state index contributed by atoms with van der Waals surface area (Å²) in [6, 6.07) is -0.241. The average Bonchev–Trinajstić information content (AvgIpc) is 3.26. The Morgan fingerprint density at radius 2 is 1.93 bits per heavy atom. The molecule has 0 unspecified atom stereocenters. The van der Waals surface area contributed by atoms with E-state index in [9.17, 15) is 9.59 Å². The van der Waals surface area contributed by atoms with Gasteiger partial charge in [0.25, 0.3) is 0 Å². The molecule has 1 fully saturated rings. The Kier molecular flexibility index (Phi) is 5.49. The number of amides is 3. The molecule has 0 aliphatic heterocycles. The van der Waals surface area contributed by atoms with E-state index in [1.807, 2.05) is 0 Å². The van der Waals surface area contributed by atoms with Crippen molar-refractivity contribution >= 4 is 51.1 Å². The molecule has 2 heterocycles. The molecular weight excluding hydrogens is 382 g/mol. The second-order valence-corrected chi connectivity index (χ2v) is 9.10. The van der Waals surface area contributed by atoms with Gasteiger partial charge in [0, 0.05) is 10.9 Å². The number of nitrogen functional groups attached to an aromatic ring is 1. The van der Waals surface area contributed by atoms with E-state index in [1.165, 1.54) is 35.0 Å². The smallest absolute Gasteiger partial charge is 0.321 e. The van der Waals surface area contributed by atoms with Crippen molar-refractivity contribution < 1.29 is 9.59 Å². The molecule has 2 aromatic rings. The minimum atomic E-state index is -0.422. The SMILES string of the molecule is Nc1nc(SCC(=O)NC(=O)NC2CCCC2)nc2sc3c(c12)CCCC3. The van der Waals surface area contributed by atoms with Crippen LogP contribution in [0.15, 0.2) is 5.16 Å². The maximum absolute atomic E-state index is 12.0. The summed E-state index contributed by atoms with van der Waals surface area (Å²) in [6.07, 6.45) is 8.72. The fourth-order valence-electron chi connectivity index (χ4n) is 3.81. The lowest BCUT2D eigenvalue weighted by atomic mass is 9.97. The lowest BCUT2D eigenvalue weighted by molar-refractivity contribution is -0.117. The minimum Gasteiger partial charge on any atom is -0.383 e. The molecule has 4 N–H and O–H groups in total. The Bertz CT molecular complexity index is 876. The standard InChI is InChI=1S/C18H23N5O2S2/c19-15-14-11-7-3-4-8-12(11)27-16(14)23-18(22-15)26-9-13(24)21-17(25)20-10-5-1-2-6-10/h10H,1-9H2,(H2,19,22,23)(H2,20,21,24,25). The van der Waals surface area contributed by atoms with Crippen molar-refractivity contribution in [3.8, 4) is 0 Å². The summed E-state index contributed by atoms with van der Waals surface area (Å²) >= 11 is 2.88. The van der Waals surface area contributed by atoms with Gasteiger partial charge < -0.3 is 11.1 Å². The van der Waals surface area contributed by atoms with Crippen LogP contribution in [0.3, 0.4) is 0 Å². The first-order valence-electron chi connectivity index (χ1n) is 9.41. The maximum Gasteiger partial charge on any atom is 0.321 e. The van der Waals surface area contributed by atoms with Crippen molar-refractivity contribution in [1.29, 1.82) is 0 Å². The Morgan fingerprint density at radius 3 is 2.74 bits per heavy atom. The summed E-state index contributed by atoms with van der Waals surface area (Å²) in [6.45, 7) is 0. The van der Waals surface area contributed by atoms with Gasteiger partial charge in [0.2, 0.25) is 5.91 Å². The Hall–Kier alpha value is -1.87. The minimum absolute atomic E-state index is 0.0775. The normalized spacial score (nSPS) is 17.0. The van der Waals surface area contributed by atoms with Crippen molar-refractivity contribution in [1.82, 2.24) is 20.6 Å². The quantitative estimate of drug-likeness (QED) is 0.533. The second kappa shape index (κ2) is 8.02. The number of anilines is 1. The van der Waals surface area contributed by atoms with Gasteiger partial charge in [-0.15, -0.1) is 11.3 Å². The molecule has 0 bridgehead atoms. The first-order valence-corrected chi connectivity index (χ1v) is 11.2. The fraction of sp³-hybridized carbons (Fsp3) is 0.556. The first-order chi connectivity index (χ1) is 13.1. The number of aryl methyl sites for hydroxylation is 2. The van der Waals surface area contributed by atoms with Crippen LogP contribution >= 0.6 is 23.1 Å². The van der Waals surface area contributed by atoms with Crippen molar-refractivity contribution in [3.05, 3.63) is 10.4 Å². The molecule has 2 aromatic heterocycles. The number of fused-ring (bicyclic) bond motifs is 3. The van der Waals surface area contributed by atoms with Crippen LogP contribution in [0.2, 0.25) is 0 Å². The number of aromatic nitrogens is 2. The summed E-state index contributed by atoms with van der Waals surface area (Å²) in [5.74, 6) is 0.207. The molecule has 9 heteroatoms. The molecular formula is C18H23N5O2S2. The number of hydrogen-bond acceptors (Lipinski definition) is 7. The number of thioether (sulfide) groups is 1. The van der Waals surface area contributed by atoms with Crippen LogP contribution < -0.4 is 16.4 Å². The maximum atomic E-state index is 12.0. The molecule has 27 heavy (non-hydrogen) atoms. The zero-order valence-corrected chi connectivity index (χ0v) is 16.7. The van der Waals surface area contributed by atoms with E-state index in [4.69, 9.17) is 5.73 Å². The number of imide groups is 1. The monoisotopic (exact) mass is 405 g/mol. The Labute approximate surface area is 165 Å². The highest BCUT2D eigenvalue weighted by atomic mass is 32.2. The van der Waals surface area contributed by atoms with Crippen molar-refractivity contribution in [2.24, 2.45) is 0 Å². The van der Waals surface area contributed by atoms with Crippen molar-refractivity contribution in [2.45, 2.75) is 62.6 Å². The van der Waals surface area contributed by atoms with Gasteiger partial charge in [-0.3, -0.25) is 10.1 Å². The van der Waals surface area contributed by atoms with Gasteiger partial charge >= 0.3 is 6.03 Å². The number of nitrogens with one attached hydrogen (secondary N) is 2. The summed E-state index contributed by atoms with van der Waals surface area (Å²) in [5.41, 5.74) is 7.48. The van der Waals surface area contributed by atoms with Crippen LogP contribution in [0.1, 0.15) is 49.0 Å². The zero-order chi connectivity index (χ0) is 18.8. The van der Waals surface area contributed by atoms with E-state index in [0.29, 0.717) is 11.0 Å². The molecule has 2 aliphatic carbocycles. The van der Waals surface area contributed by atoms with Crippen LogP contribution in [0.25, 0.3) is 10.2 Å². The Morgan fingerprint density at radius 1 is 1.15 bits per heavy atom. The zero-order valence-electron chi connectivity index (χ0n) is 15.0. The van der Waals surface area contributed by atoms with E-state index in [0.717, 1.165) is 48.7 Å². The highest BCUT2D eigenvalue weighted by Gasteiger charge is 2.21. The van der Waals surface area contributed by atoms with E-state index in [2.05, 4.69) is 20.6 Å². The second-order valence-electron chi connectivity index (χ2n) is 7.07. The molecule has 0 spiro atoms. The van der Waals surface area contributed by atoms with Crippen LogP contribution in [-0.4, -0.2) is 33.7 Å². The molecule has 0 atom stereocenters. The third-order valence-electron chi connectivity index (χ3n) is 5.10. The van der Waals surface area contributed by atoms with Crippen LogP contribution in [-0.2, 0) is 17.6 Å². The number of carbonyl (C=O) groups excluding carboxylic acids is 2. The number of urea groups is 1. The van der Waals surface area contributed by atoms with Crippen LogP contribution in [0.4, 0.5) is 10.6 Å². The predicted molar refractivity (Wildman–Crippen MR) is 108 cm³/mol. The predicted octanol–water partition coefficient (Wildman–Crippen LogP) is 3.01. The third kappa shape index (κ3) is 4.19. The van der Waals surface area contributed by atoms with E-state index >= 15 is 0 Å². The van der Waals surface area contributed by atoms with Gasteiger partial charge in [0.05, 0.1) is 11.1 Å². The van der Waals surface area contributed by atoms with Crippen molar-refractivity contribution in [2.75, 3.05) is 11.5 Å². The first kappa shape index (κ1) is 18.5. The fourth-order valence-corrected chi connectivity index (χ4v) is 5.79. The molecule has 1 saturated carbocycles. The van der Waals surface area contributed by atoms with Gasteiger partial charge in [-0.25, -0.2) is 14.8 Å². The topological polar surface area (TPSA) is 110 Å². The van der Waals surface area contributed by atoms with Gasteiger partial charge in [0.15, 0.2) is 5.16 Å². The molecule has 4 rings (SSSR count). The average molecular weight is 406 g/mol. The molecule has 0 saturated heterocycles. The largest absolute Gasteiger partial charge is 0.383 e. The summed E-state index contributed by atoms with van der Waals surface area (Å²) in [7, 11) is 0. The van der Waals surface area contributed by atoms with Gasteiger partial charge in [-0.1, -0.05) is 24.6 Å². The van der Waals surface area contributed by atoms with E-state index in [-0.39, 0.29) is 17.7 Å².